The Bertz CT molecular complexity index is 631. The van der Waals surface area contributed by atoms with Crippen molar-refractivity contribution in [2.45, 2.75) is 26.4 Å². The van der Waals surface area contributed by atoms with E-state index in [2.05, 4.69) is 34.2 Å². The molecule has 1 atom stereocenters. The third kappa shape index (κ3) is 5.65. The fraction of sp³-hybridized carbons (Fsp3) is 0.278. The highest BCUT2D eigenvalue weighted by Gasteiger charge is 2.09. The van der Waals surface area contributed by atoms with Gasteiger partial charge in [-0.05, 0) is 43.2 Å². The molecule has 0 aliphatic rings. The second-order valence-electron chi connectivity index (χ2n) is 5.04. The van der Waals surface area contributed by atoms with E-state index in [9.17, 15) is 4.79 Å². The van der Waals surface area contributed by atoms with Crippen LogP contribution in [0.25, 0.3) is 0 Å². The van der Waals surface area contributed by atoms with E-state index in [0.717, 1.165) is 16.6 Å². The zero-order chi connectivity index (χ0) is 15.9. The topological polar surface area (TPSA) is 38.3 Å². The highest BCUT2D eigenvalue weighted by Crippen LogP contribution is 2.23. The van der Waals surface area contributed by atoms with Crippen molar-refractivity contribution in [2.75, 3.05) is 6.61 Å². The number of hydrogen-bond donors (Lipinski definition) is 1. The first-order valence-electron chi connectivity index (χ1n) is 7.35. The van der Waals surface area contributed by atoms with Gasteiger partial charge in [0.25, 0.3) is 0 Å². The van der Waals surface area contributed by atoms with Gasteiger partial charge in [0.1, 0.15) is 0 Å². The standard InChI is InChI=1S/C18H20BrNO2.ClH/c1-3-22-18(21)15-10-8-14(9-11-15)12-20-13(2)16-6-4-5-7-17(16)19;/h4-11,13,20H,3,12H2,1-2H3;1H. The van der Waals surface area contributed by atoms with E-state index >= 15 is 0 Å². The number of benzene rings is 2. The van der Waals surface area contributed by atoms with Crippen molar-refractivity contribution >= 4 is 34.3 Å². The lowest BCUT2D eigenvalue weighted by Crippen LogP contribution is -2.18. The highest BCUT2D eigenvalue weighted by molar-refractivity contribution is 9.10. The Hall–Kier alpha value is -1.36. The quantitative estimate of drug-likeness (QED) is 0.703. The summed E-state index contributed by atoms with van der Waals surface area (Å²) in [5, 5.41) is 3.48. The number of hydrogen-bond acceptors (Lipinski definition) is 3. The smallest absolute Gasteiger partial charge is 0.338 e. The lowest BCUT2D eigenvalue weighted by atomic mass is 10.1. The first-order valence-corrected chi connectivity index (χ1v) is 8.15. The van der Waals surface area contributed by atoms with E-state index < -0.39 is 0 Å². The van der Waals surface area contributed by atoms with Crippen LogP contribution >= 0.6 is 28.3 Å². The number of nitrogens with one attached hydrogen (secondary N) is 1. The summed E-state index contributed by atoms with van der Waals surface area (Å²) in [6.45, 7) is 5.07. The van der Waals surface area contributed by atoms with Gasteiger partial charge < -0.3 is 10.1 Å². The summed E-state index contributed by atoms with van der Waals surface area (Å²) in [4.78, 5) is 11.6. The number of halogens is 2. The van der Waals surface area contributed by atoms with Crippen molar-refractivity contribution < 1.29 is 9.53 Å². The summed E-state index contributed by atoms with van der Waals surface area (Å²) >= 11 is 3.57. The second kappa shape index (κ2) is 9.71. The molecule has 2 aromatic rings. The van der Waals surface area contributed by atoms with Gasteiger partial charge in [0, 0.05) is 17.1 Å². The van der Waals surface area contributed by atoms with Gasteiger partial charge in [-0.3, -0.25) is 0 Å². The van der Waals surface area contributed by atoms with E-state index in [4.69, 9.17) is 4.74 Å². The van der Waals surface area contributed by atoms with Gasteiger partial charge in [0.2, 0.25) is 0 Å². The summed E-state index contributed by atoms with van der Waals surface area (Å²) in [7, 11) is 0. The van der Waals surface area contributed by atoms with Crippen molar-refractivity contribution in [1.29, 1.82) is 0 Å². The zero-order valence-electron chi connectivity index (χ0n) is 13.2. The monoisotopic (exact) mass is 397 g/mol. The Labute approximate surface area is 152 Å². The second-order valence-corrected chi connectivity index (χ2v) is 5.90. The molecule has 124 valence electrons. The van der Waals surface area contributed by atoms with E-state index in [-0.39, 0.29) is 24.4 Å². The van der Waals surface area contributed by atoms with Crippen molar-refractivity contribution in [1.82, 2.24) is 5.32 Å². The van der Waals surface area contributed by atoms with Gasteiger partial charge in [0.05, 0.1) is 12.2 Å². The van der Waals surface area contributed by atoms with Crippen LogP contribution in [0.4, 0.5) is 0 Å². The number of carbonyl (C=O) groups excluding carboxylic acids is 1. The van der Waals surface area contributed by atoms with Crippen molar-refractivity contribution in [3.8, 4) is 0 Å². The van der Waals surface area contributed by atoms with Crippen LogP contribution in [0, 0.1) is 0 Å². The molecule has 1 unspecified atom stereocenters. The molecule has 0 aliphatic heterocycles. The number of carbonyl (C=O) groups is 1. The Balaban J connectivity index is 0.00000264. The molecule has 2 aromatic carbocycles. The molecule has 0 bridgehead atoms. The Morgan fingerprint density at radius 1 is 1.17 bits per heavy atom. The Morgan fingerprint density at radius 3 is 2.43 bits per heavy atom. The number of ether oxygens (including phenoxy) is 1. The van der Waals surface area contributed by atoms with E-state index in [1.165, 1.54) is 5.56 Å². The fourth-order valence-corrected chi connectivity index (χ4v) is 2.81. The zero-order valence-corrected chi connectivity index (χ0v) is 15.6. The molecule has 0 spiro atoms. The van der Waals surface area contributed by atoms with Gasteiger partial charge >= 0.3 is 5.97 Å². The molecule has 0 amide bonds. The molecule has 0 aromatic heterocycles. The van der Waals surface area contributed by atoms with Gasteiger partial charge in [-0.1, -0.05) is 46.3 Å². The summed E-state index contributed by atoms with van der Waals surface area (Å²) < 4.78 is 6.08. The van der Waals surface area contributed by atoms with Crippen LogP contribution < -0.4 is 5.32 Å². The molecule has 0 heterocycles. The Kier molecular flexibility index (Phi) is 8.31. The van der Waals surface area contributed by atoms with Gasteiger partial charge in [-0.15, -0.1) is 12.4 Å². The molecule has 0 aliphatic carbocycles. The van der Waals surface area contributed by atoms with Crippen LogP contribution in [0.1, 0.15) is 41.4 Å². The van der Waals surface area contributed by atoms with Gasteiger partial charge in [-0.25, -0.2) is 4.79 Å². The summed E-state index contributed by atoms with van der Waals surface area (Å²) in [5.41, 5.74) is 2.95. The molecular weight excluding hydrogens is 378 g/mol. The lowest BCUT2D eigenvalue weighted by Gasteiger charge is -2.16. The number of esters is 1. The molecule has 5 heteroatoms. The SMILES string of the molecule is CCOC(=O)c1ccc(CNC(C)c2ccccc2Br)cc1.Cl. The van der Waals surface area contributed by atoms with Crippen LogP contribution in [-0.2, 0) is 11.3 Å². The molecule has 0 saturated carbocycles. The maximum atomic E-state index is 11.6. The minimum atomic E-state index is -0.274. The minimum absolute atomic E-state index is 0. The van der Waals surface area contributed by atoms with E-state index in [0.29, 0.717) is 12.2 Å². The predicted octanol–water partition coefficient (Wildman–Crippen LogP) is 4.90. The van der Waals surface area contributed by atoms with Crippen molar-refractivity contribution in [3.63, 3.8) is 0 Å². The molecule has 1 N–H and O–H groups in total. The largest absolute Gasteiger partial charge is 0.462 e. The number of rotatable bonds is 6. The molecular formula is C18H21BrClNO2. The molecule has 0 fully saturated rings. The molecule has 23 heavy (non-hydrogen) atoms. The third-order valence-corrected chi connectivity index (χ3v) is 4.17. The van der Waals surface area contributed by atoms with Crippen molar-refractivity contribution in [3.05, 3.63) is 69.7 Å². The lowest BCUT2D eigenvalue weighted by molar-refractivity contribution is 0.0526. The predicted molar refractivity (Wildman–Crippen MR) is 99.0 cm³/mol. The molecule has 2 rings (SSSR count). The van der Waals surface area contributed by atoms with Crippen LogP contribution in [0.15, 0.2) is 53.0 Å². The normalized spacial score (nSPS) is 11.4. The first-order chi connectivity index (χ1) is 10.6. The average molecular weight is 399 g/mol. The molecule has 3 nitrogen and oxygen atoms in total. The summed E-state index contributed by atoms with van der Waals surface area (Å²) in [5.74, 6) is -0.274. The fourth-order valence-electron chi connectivity index (χ4n) is 2.18. The van der Waals surface area contributed by atoms with Crippen LogP contribution in [-0.4, -0.2) is 12.6 Å². The third-order valence-electron chi connectivity index (χ3n) is 3.45. The Morgan fingerprint density at radius 2 is 1.83 bits per heavy atom. The molecule has 0 saturated heterocycles. The minimum Gasteiger partial charge on any atom is -0.462 e. The van der Waals surface area contributed by atoms with Crippen molar-refractivity contribution in [2.24, 2.45) is 0 Å². The van der Waals surface area contributed by atoms with E-state index in [1.807, 2.05) is 30.3 Å². The summed E-state index contributed by atoms with van der Waals surface area (Å²) in [6, 6.07) is 15.9. The summed E-state index contributed by atoms with van der Waals surface area (Å²) in [6.07, 6.45) is 0. The maximum absolute atomic E-state index is 11.6. The van der Waals surface area contributed by atoms with E-state index in [1.54, 1.807) is 19.1 Å². The van der Waals surface area contributed by atoms with Crippen LogP contribution in [0.5, 0.6) is 0 Å². The first kappa shape index (κ1) is 19.7. The maximum Gasteiger partial charge on any atom is 0.338 e. The van der Waals surface area contributed by atoms with Gasteiger partial charge in [-0.2, -0.15) is 0 Å². The average Bonchev–Trinajstić information content (AvgIpc) is 2.54. The molecule has 0 radical (unpaired) electrons. The highest BCUT2D eigenvalue weighted by atomic mass is 79.9. The van der Waals surface area contributed by atoms with Crippen LogP contribution in [0.2, 0.25) is 0 Å². The van der Waals surface area contributed by atoms with Gasteiger partial charge in [0.15, 0.2) is 0 Å². The van der Waals surface area contributed by atoms with Crippen LogP contribution in [0.3, 0.4) is 0 Å².